The summed E-state index contributed by atoms with van der Waals surface area (Å²) in [5.41, 5.74) is 5.57. The van der Waals surface area contributed by atoms with Crippen LogP contribution in [0.25, 0.3) is 0 Å². The highest BCUT2D eigenvalue weighted by Crippen LogP contribution is 2.18. The zero-order valence-electron chi connectivity index (χ0n) is 8.16. The number of nitrogen functional groups attached to an aromatic ring is 1. The number of hydrogen-bond donors (Lipinski definition) is 1. The van der Waals surface area contributed by atoms with Crippen molar-refractivity contribution in [3.63, 3.8) is 0 Å². The van der Waals surface area contributed by atoms with Gasteiger partial charge in [0.05, 0.1) is 5.03 Å². The third-order valence-corrected chi connectivity index (χ3v) is 2.65. The first-order valence-electron chi connectivity index (χ1n) is 4.54. The molecule has 0 fully saturated rings. The van der Waals surface area contributed by atoms with Crippen molar-refractivity contribution in [3.8, 4) is 0 Å². The average molecular weight is 196 g/mol. The van der Waals surface area contributed by atoms with Crippen molar-refractivity contribution in [1.29, 1.82) is 0 Å². The SMILES string of the molecule is CC(C)CCSc1cccc(N)n1. The van der Waals surface area contributed by atoms with Crippen LogP contribution >= 0.6 is 11.8 Å². The molecule has 1 aromatic heterocycles. The molecule has 2 nitrogen and oxygen atoms in total. The van der Waals surface area contributed by atoms with Gasteiger partial charge in [0.15, 0.2) is 0 Å². The lowest BCUT2D eigenvalue weighted by Gasteiger charge is -2.03. The zero-order chi connectivity index (χ0) is 9.68. The maximum atomic E-state index is 5.57. The molecule has 0 unspecified atom stereocenters. The van der Waals surface area contributed by atoms with Crippen LogP contribution < -0.4 is 5.73 Å². The third-order valence-electron chi connectivity index (χ3n) is 1.69. The Hall–Kier alpha value is -0.700. The molecule has 3 heteroatoms. The Morgan fingerprint density at radius 3 is 2.85 bits per heavy atom. The summed E-state index contributed by atoms with van der Waals surface area (Å²) >= 11 is 1.77. The van der Waals surface area contributed by atoms with E-state index in [1.165, 1.54) is 6.42 Å². The Labute approximate surface area is 83.9 Å². The molecule has 0 bridgehead atoms. The number of pyridine rings is 1. The molecular weight excluding hydrogens is 180 g/mol. The van der Waals surface area contributed by atoms with Gasteiger partial charge in [-0.05, 0) is 30.2 Å². The summed E-state index contributed by atoms with van der Waals surface area (Å²) in [5.74, 6) is 2.48. The van der Waals surface area contributed by atoms with Gasteiger partial charge in [-0.25, -0.2) is 4.98 Å². The van der Waals surface area contributed by atoms with Gasteiger partial charge in [-0.15, -0.1) is 11.8 Å². The number of rotatable bonds is 4. The predicted octanol–water partition coefficient (Wildman–Crippen LogP) is 2.80. The summed E-state index contributed by atoms with van der Waals surface area (Å²) in [6.45, 7) is 4.46. The molecule has 0 aliphatic heterocycles. The minimum atomic E-state index is 0.606. The first kappa shape index (κ1) is 10.4. The number of nitrogens with two attached hydrogens (primary N) is 1. The lowest BCUT2D eigenvalue weighted by molar-refractivity contribution is 0.632. The Morgan fingerprint density at radius 1 is 1.46 bits per heavy atom. The smallest absolute Gasteiger partial charge is 0.124 e. The Balaban J connectivity index is 2.37. The second-order valence-corrected chi connectivity index (χ2v) is 4.55. The lowest BCUT2D eigenvalue weighted by atomic mass is 10.2. The van der Waals surface area contributed by atoms with E-state index in [1.54, 1.807) is 11.8 Å². The minimum Gasteiger partial charge on any atom is -0.384 e. The summed E-state index contributed by atoms with van der Waals surface area (Å²) in [6.07, 6.45) is 1.22. The summed E-state index contributed by atoms with van der Waals surface area (Å²) in [5, 5.41) is 1.03. The van der Waals surface area contributed by atoms with Crippen molar-refractivity contribution >= 4 is 17.6 Å². The maximum absolute atomic E-state index is 5.57. The van der Waals surface area contributed by atoms with Crippen LogP contribution in [0, 0.1) is 5.92 Å². The van der Waals surface area contributed by atoms with Crippen molar-refractivity contribution in [2.24, 2.45) is 5.92 Å². The molecule has 72 valence electrons. The summed E-state index contributed by atoms with van der Waals surface area (Å²) in [7, 11) is 0. The molecule has 1 rings (SSSR count). The Kier molecular flexibility index (Phi) is 4.09. The van der Waals surface area contributed by atoms with Crippen LogP contribution in [0.2, 0.25) is 0 Å². The fourth-order valence-corrected chi connectivity index (χ4v) is 2.05. The molecule has 13 heavy (non-hydrogen) atoms. The summed E-state index contributed by atoms with van der Waals surface area (Å²) < 4.78 is 0. The number of hydrogen-bond acceptors (Lipinski definition) is 3. The Bertz CT molecular complexity index is 261. The van der Waals surface area contributed by atoms with E-state index in [0.29, 0.717) is 5.82 Å². The number of nitrogens with zero attached hydrogens (tertiary/aromatic N) is 1. The molecule has 0 atom stereocenters. The van der Waals surface area contributed by atoms with Crippen LogP contribution in [0.3, 0.4) is 0 Å². The Morgan fingerprint density at radius 2 is 2.23 bits per heavy atom. The highest BCUT2D eigenvalue weighted by atomic mass is 32.2. The molecular formula is C10H16N2S. The number of aromatic nitrogens is 1. The normalized spacial score (nSPS) is 10.7. The van der Waals surface area contributed by atoms with Gasteiger partial charge in [0.1, 0.15) is 5.82 Å². The number of thioether (sulfide) groups is 1. The molecule has 0 aromatic carbocycles. The van der Waals surface area contributed by atoms with Crippen LogP contribution in [0.15, 0.2) is 23.2 Å². The van der Waals surface area contributed by atoms with Gasteiger partial charge in [0, 0.05) is 0 Å². The van der Waals surface area contributed by atoms with Crippen LogP contribution in [0.4, 0.5) is 5.82 Å². The van der Waals surface area contributed by atoms with Crippen molar-refractivity contribution in [1.82, 2.24) is 4.98 Å². The monoisotopic (exact) mass is 196 g/mol. The van der Waals surface area contributed by atoms with E-state index in [0.717, 1.165) is 16.7 Å². The molecule has 0 amide bonds. The van der Waals surface area contributed by atoms with Crippen LogP contribution in [-0.2, 0) is 0 Å². The van der Waals surface area contributed by atoms with E-state index in [1.807, 2.05) is 18.2 Å². The average Bonchev–Trinajstić information content (AvgIpc) is 2.03. The van der Waals surface area contributed by atoms with Crippen molar-refractivity contribution in [2.75, 3.05) is 11.5 Å². The van der Waals surface area contributed by atoms with E-state index >= 15 is 0 Å². The van der Waals surface area contributed by atoms with Gasteiger partial charge in [-0.3, -0.25) is 0 Å². The molecule has 0 aliphatic rings. The fourth-order valence-electron chi connectivity index (χ4n) is 0.910. The van der Waals surface area contributed by atoms with Crippen molar-refractivity contribution in [2.45, 2.75) is 25.3 Å². The van der Waals surface area contributed by atoms with E-state index in [2.05, 4.69) is 18.8 Å². The van der Waals surface area contributed by atoms with E-state index in [-0.39, 0.29) is 0 Å². The van der Waals surface area contributed by atoms with Crippen LogP contribution in [-0.4, -0.2) is 10.7 Å². The van der Waals surface area contributed by atoms with Crippen LogP contribution in [0.1, 0.15) is 20.3 Å². The molecule has 1 heterocycles. The van der Waals surface area contributed by atoms with Gasteiger partial charge < -0.3 is 5.73 Å². The highest BCUT2D eigenvalue weighted by molar-refractivity contribution is 7.99. The third kappa shape index (κ3) is 4.18. The molecule has 0 saturated carbocycles. The topological polar surface area (TPSA) is 38.9 Å². The molecule has 0 aliphatic carbocycles. The zero-order valence-corrected chi connectivity index (χ0v) is 8.97. The predicted molar refractivity (Wildman–Crippen MR) is 58.8 cm³/mol. The van der Waals surface area contributed by atoms with Gasteiger partial charge in [-0.2, -0.15) is 0 Å². The lowest BCUT2D eigenvalue weighted by Crippen LogP contribution is -1.93. The van der Waals surface area contributed by atoms with E-state index in [4.69, 9.17) is 5.73 Å². The van der Waals surface area contributed by atoms with E-state index < -0.39 is 0 Å². The van der Waals surface area contributed by atoms with Gasteiger partial charge >= 0.3 is 0 Å². The highest BCUT2D eigenvalue weighted by Gasteiger charge is 1.97. The van der Waals surface area contributed by atoms with Crippen molar-refractivity contribution < 1.29 is 0 Å². The van der Waals surface area contributed by atoms with Crippen molar-refractivity contribution in [3.05, 3.63) is 18.2 Å². The fraction of sp³-hybridized carbons (Fsp3) is 0.500. The quantitative estimate of drug-likeness (QED) is 0.753. The largest absolute Gasteiger partial charge is 0.384 e. The summed E-state index contributed by atoms with van der Waals surface area (Å²) in [6, 6.07) is 5.76. The van der Waals surface area contributed by atoms with Gasteiger partial charge in [0.25, 0.3) is 0 Å². The molecule has 0 saturated heterocycles. The molecule has 0 radical (unpaired) electrons. The molecule has 2 N–H and O–H groups in total. The van der Waals surface area contributed by atoms with Gasteiger partial charge in [0.2, 0.25) is 0 Å². The second-order valence-electron chi connectivity index (χ2n) is 3.43. The first-order valence-corrected chi connectivity index (χ1v) is 5.52. The molecule has 1 aromatic rings. The first-order chi connectivity index (χ1) is 6.18. The van der Waals surface area contributed by atoms with E-state index in [9.17, 15) is 0 Å². The second kappa shape index (κ2) is 5.12. The summed E-state index contributed by atoms with van der Waals surface area (Å²) in [4.78, 5) is 4.21. The standard InChI is InChI=1S/C10H16N2S/c1-8(2)6-7-13-10-5-3-4-9(11)12-10/h3-5,8H,6-7H2,1-2H3,(H2,11,12). The molecule has 0 spiro atoms. The number of anilines is 1. The van der Waals surface area contributed by atoms with Gasteiger partial charge in [-0.1, -0.05) is 19.9 Å². The minimum absolute atomic E-state index is 0.606. The maximum Gasteiger partial charge on any atom is 0.124 e. The van der Waals surface area contributed by atoms with Crippen LogP contribution in [0.5, 0.6) is 0 Å².